The van der Waals surface area contributed by atoms with E-state index in [9.17, 15) is 23.3 Å². The highest BCUT2D eigenvalue weighted by Gasteiger charge is 2.40. The second-order valence-electron chi connectivity index (χ2n) is 4.53. The fraction of sp³-hybridized carbons (Fsp3) is 0.364. The number of sulfonamides is 1. The van der Waals surface area contributed by atoms with Crippen LogP contribution in [0, 0.1) is 16.0 Å². The average molecular weight is 335 g/mol. The zero-order chi connectivity index (χ0) is 15.8. The Balaban J connectivity index is 2.47. The van der Waals surface area contributed by atoms with Crippen molar-refractivity contribution in [1.29, 1.82) is 0 Å². The zero-order valence-electron chi connectivity index (χ0n) is 10.6. The third-order valence-electron chi connectivity index (χ3n) is 3.24. The first-order chi connectivity index (χ1) is 9.75. The average Bonchev–Trinajstić information content (AvgIpc) is 2.88. The molecule has 0 aromatic heterocycles. The maximum atomic E-state index is 12.5. The summed E-state index contributed by atoms with van der Waals surface area (Å²) in [5, 5.41) is 19.6. The van der Waals surface area contributed by atoms with Crippen LogP contribution in [0.25, 0.3) is 0 Å². The Morgan fingerprint density at radius 1 is 1.48 bits per heavy atom. The van der Waals surface area contributed by atoms with Crippen molar-refractivity contribution in [2.45, 2.75) is 11.3 Å². The third kappa shape index (κ3) is 2.85. The lowest BCUT2D eigenvalue weighted by atomic mass is 10.1. The van der Waals surface area contributed by atoms with Crippen molar-refractivity contribution in [3.05, 3.63) is 33.3 Å². The molecule has 0 radical (unpaired) electrons. The van der Waals surface area contributed by atoms with Crippen LogP contribution < -0.4 is 0 Å². The Morgan fingerprint density at radius 3 is 2.67 bits per heavy atom. The van der Waals surface area contributed by atoms with E-state index >= 15 is 0 Å². The molecule has 2 rings (SSSR count). The molecule has 1 fully saturated rings. The molecular weight excluding hydrogens is 324 g/mol. The molecule has 0 bridgehead atoms. The van der Waals surface area contributed by atoms with Crippen LogP contribution in [0.2, 0.25) is 5.02 Å². The number of benzene rings is 1. The van der Waals surface area contributed by atoms with Crippen molar-refractivity contribution < 1.29 is 23.2 Å². The molecule has 114 valence electrons. The summed E-state index contributed by atoms with van der Waals surface area (Å²) in [5.41, 5.74) is -0.624. The fourth-order valence-electron chi connectivity index (χ4n) is 2.17. The molecule has 1 unspecified atom stereocenters. The smallest absolute Gasteiger partial charge is 0.307 e. The zero-order valence-corrected chi connectivity index (χ0v) is 12.2. The number of hydrogen-bond acceptors (Lipinski definition) is 5. The Morgan fingerprint density at radius 2 is 2.14 bits per heavy atom. The predicted molar refractivity (Wildman–Crippen MR) is 72.6 cm³/mol. The third-order valence-corrected chi connectivity index (χ3v) is 5.62. The van der Waals surface area contributed by atoms with Gasteiger partial charge in [0.1, 0.15) is 0 Å². The van der Waals surface area contributed by atoms with Gasteiger partial charge in [0.15, 0.2) is 4.90 Å². The molecule has 1 aromatic rings. The minimum absolute atomic E-state index is 0.0122. The number of carboxylic acids is 1. The number of hydrogen-bond donors (Lipinski definition) is 1. The Bertz CT molecular complexity index is 705. The normalized spacial score (nSPS) is 19.6. The standard InChI is InChI=1S/C11H11ClN2O6S/c12-8-2-1-3-9(14(17)18)10(8)21(19,20)13-5-4-7(6-13)11(15)16/h1-3,7H,4-6H2,(H,15,16). The summed E-state index contributed by atoms with van der Waals surface area (Å²) in [5.74, 6) is -1.91. The first-order valence-electron chi connectivity index (χ1n) is 5.91. The van der Waals surface area contributed by atoms with Crippen LogP contribution in [0.3, 0.4) is 0 Å². The summed E-state index contributed by atoms with van der Waals surface area (Å²) >= 11 is 5.81. The highest BCUT2D eigenvalue weighted by Crippen LogP contribution is 2.35. The predicted octanol–water partition coefficient (Wildman–Crippen LogP) is 1.34. The molecular formula is C11H11ClN2O6S. The topological polar surface area (TPSA) is 118 Å². The van der Waals surface area contributed by atoms with Crippen LogP contribution in [-0.2, 0) is 14.8 Å². The van der Waals surface area contributed by atoms with Gasteiger partial charge < -0.3 is 5.11 Å². The number of carbonyl (C=O) groups is 1. The number of carboxylic acid groups (broad SMARTS) is 1. The van der Waals surface area contributed by atoms with Crippen LogP contribution in [-0.4, -0.2) is 41.8 Å². The molecule has 1 aliphatic rings. The number of halogens is 1. The molecule has 0 spiro atoms. The summed E-state index contributed by atoms with van der Waals surface area (Å²) < 4.78 is 25.9. The number of nitrogens with zero attached hydrogens (tertiary/aromatic N) is 2. The van der Waals surface area contributed by atoms with E-state index < -0.39 is 37.4 Å². The Hall–Kier alpha value is -1.71. The molecule has 1 saturated heterocycles. The lowest BCUT2D eigenvalue weighted by Crippen LogP contribution is -2.30. The van der Waals surface area contributed by atoms with E-state index in [1.165, 1.54) is 12.1 Å². The molecule has 0 aliphatic carbocycles. The fourth-order valence-corrected chi connectivity index (χ4v) is 4.34. The van der Waals surface area contributed by atoms with Crippen molar-refractivity contribution >= 4 is 33.3 Å². The van der Waals surface area contributed by atoms with E-state index in [-0.39, 0.29) is 24.5 Å². The number of rotatable bonds is 4. The number of nitro groups is 1. The highest BCUT2D eigenvalue weighted by molar-refractivity contribution is 7.89. The van der Waals surface area contributed by atoms with Gasteiger partial charge in [-0.1, -0.05) is 17.7 Å². The minimum Gasteiger partial charge on any atom is -0.481 e. The second-order valence-corrected chi connectivity index (χ2v) is 6.81. The van der Waals surface area contributed by atoms with Gasteiger partial charge in [0.25, 0.3) is 15.7 Å². The van der Waals surface area contributed by atoms with Crippen molar-refractivity contribution in [3.8, 4) is 0 Å². The van der Waals surface area contributed by atoms with Gasteiger partial charge in [-0.25, -0.2) is 8.42 Å². The first kappa shape index (κ1) is 15.7. The second kappa shape index (κ2) is 5.58. The van der Waals surface area contributed by atoms with Crippen LogP contribution >= 0.6 is 11.6 Å². The Kier molecular flexibility index (Phi) is 4.17. The molecule has 0 amide bonds. The summed E-state index contributed by atoms with van der Waals surface area (Å²) in [6, 6.07) is 3.57. The summed E-state index contributed by atoms with van der Waals surface area (Å²) in [4.78, 5) is 20.5. The lowest BCUT2D eigenvalue weighted by Gasteiger charge is -2.16. The van der Waals surface area contributed by atoms with Crippen molar-refractivity contribution in [2.75, 3.05) is 13.1 Å². The number of aliphatic carboxylic acids is 1. The lowest BCUT2D eigenvalue weighted by molar-refractivity contribution is -0.387. The molecule has 8 nitrogen and oxygen atoms in total. The van der Waals surface area contributed by atoms with Crippen LogP contribution in [0.15, 0.2) is 23.1 Å². The van der Waals surface area contributed by atoms with Crippen LogP contribution in [0.1, 0.15) is 6.42 Å². The van der Waals surface area contributed by atoms with E-state index in [1.807, 2.05) is 0 Å². The van der Waals surface area contributed by atoms with E-state index in [0.29, 0.717) is 0 Å². The van der Waals surface area contributed by atoms with Gasteiger partial charge in [0, 0.05) is 19.2 Å². The molecule has 1 atom stereocenters. The van der Waals surface area contributed by atoms with E-state index in [1.54, 1.807) is 0 Å². The van der Waals surface area contributed by atoms with E-state index in [2.05, 4.69) is 0 Å². The molecule has 1 aromatic carbocycles. The maximum absolute atomic E-state index is 12.5. The molecule has 21 heavy (non-hydrogen) atoms. The monoisotopic (exact) mass is 334 g/mol. The molecule has 10 heteroatoms. The molecule has 1 N–H and O–H groups in total. The van der Waals surface area contributed by atoms with Crippen LogP contribution in [0.4, 0.5) is 5.69 Å². The molecule has 0 saturated carbocycles. The maximum Gasteiger partial charge on any atom is 0.307 e. The number of nitro benzene ring substituents is 1. The van der Waals surface area contributed by atoms with Gasteiger partial charge >= 0.3 is 5.97 Å². The van der Waals surface area contributed by atoms with Crippen molar-refractivity contribution in [2.24, 2.45) is 5.92 Å². The van der Waals surface area contributed by atoms with Gasteiger partial charge in [-0.3, -0.25) is 14.9 Å². The Labute approximate surface area is 125 Å². The first-order valence-corrected chi connectivity index (χ1v) is 7.73. The minimum atomic E-state index is -4.22. The van der Waals surface area contributed by atoms with E-state index in [0.717, 1.165) is 10.4 Å². The SMILES string of the molecule is O=C(O)C1CCN(S(=O)(=O)c2c(Cl)cccc2[N+](=O)[O-])C1. The summed E-state index contributed by atoms with van der Waals surface area (Å²) in [7, 11) is -4.22. The quantitative estimate of drug-likeness (QED) is 0.655. The van der Waals surface area contributed by atoms with Crippen molar-refractivity contribution in [1.82, 2.24) is 4.31 Å². The van der Waals surface area contributed by atoms with Gasteiger partial charge in [0.05, 0.1) is 15.9 Å². The van der Waals surface area contributed by atoms with Gasteiger partial charge in [-0.05, 0) is 12.5 Å². The summed E-state index contributed by atoms with van der Waals surface area (Å²) in [6.07, 6.45) is 0.160. The molecule has 1 heterocycles. The van der Waals surface area contributed by atoms with Gasteiger partial charge in [-0.2, -0.15) is 4.31 Å². The summed E-state index contributed by atoms with van der Waals surface area (Å²) in [6.45, 7) is -0.234. The van der Waals surface area contributed by atoms with Gasteiger partial charge in [-0.15, -0.1) is 0 Å². The highest BCUT2D eigenvalue weighted by atomic mass is 35.5. The largest absolute Gasteiger partial charge is 0.481 e. The molecule has 1 aliphatic heterocycles. The van der Waals surface area contributed by atoms with Crippen molar-refractivity contribution in [3.63, 3.8) is 0 Å². The van der Waals surface area contributed by atoms with Gasteiger partial charge in [0.2, 0.25) is 0 Å². The van der Waals surface area contributed by atoms with Crippen LogP contribution in [0.5, 0.6) is 0 Å². The van der Waals surface area contributed by atoms with E-state index in [4.69, 9.17) is 16.7 Å².